The quantitative estimate of drug-likeness (QED) is 0.819. The number of nitrogens with one attached hydrogen (secondary N) is 1. The maximum Gasteiger partial charge on any atom is 0.245 e. The Kier molecular flexibility index (Phi) is 2.98. The van der Waals surface area contributed by atoms with E-state index in [1.807, 2.05) is 24.9 Å². The van der Waals surface area contributed by atoms with Crippen LogP contribution in [0.15, 0.2) is 6.20 Å². The Bertz CT molecular complexity index is 570. The van der Waals surface area contributed by atoms with Crippen molar-refractivity contribution in [2.45, 2.75) is 25.8 Å². The number of aryl methyl sites for hydroxylation is 1. The molecule has 0 aliphatic carbocycles. The van der Waals surface area contributed by atoms with Crippen LogP contribution in [0.4, 0.5) is 5.95 Å². The number of hydrogen-bond donors (Lipinski definition) is 2. The SMILES string of the molecule is Cc1c(-c2nc(N3CCCC(N)C3)n[nH]2)cnn1C. The van der Waals surface area contributed by atoms with Gasteiger partial charge in [-0.1, -0.05) is 0 Å². The minimum absolute atomic E-state index is 0.218. The summed E-state index contributed by atoms with van der Waals surface area (Å²) in [6.07, 6.45) is 3.98. The molecule has 0 aromatic carbocycles. The summed E-state index contributed by atoms with van der Waals surface area (Å²) in [6, 6.07) is 0.218. The van der Waals surface area contributed by atoms with E-state index in [-0.39, 0.29) is 6.04 Å². The summed E-state index contributed by atoms with van der Waals surface area (Å²) in [6.45, 7) is 3.81. The monoisotopic (exact) mass is 261 g/mol. The summed E-state index contributed by atoms with van der Waals surface area (Å²) in [4.78, 5) is 6.70. The van der Waals surface area contributed by atoms with E-state index in [1.54, 1.807) is 0 Å². The van der Waals surface area contributed by atoms with E-state index in [0.717, 1.165) is 49.0 Å². The molecule has 1 atom stereocenters. The van der Waals surface area contributed by atoms with Crippen LogP contribution < -0.4 is 10.6 Å². The van der Waals surface area contributed by atoms with Crippen molar-refractivity contribution in [3.05, 3.63) is 11.9 Å². The van der Waals surface area contributed by atoms with Gasteiger partial charge in [-0.15, -0.1) is 5.10 Å². The third-order valence-corrected chi connectivity index (χ3v) is 3.70. The molecule has 1 aliphatic rings. The fourth-order valence-corrected chi connectivity index (χ4v) is 2.44. The molecule has 1 unspecified atom stereocenters. The minimum atomic E-state index is 0.218. The molecule has 3 heterocycles. The molecular formula is C12H19N7. The van der Waals surface area contributed by atoms with Crippen LogP contribution >= 0.6 is 0 Å². The molecule has 1 aliphatic heterocycles. The van der Waals surface area contributed by atoms with Crippen LogP contribution in [0.3, 0.4) is 0 Å². The zero-order chi connectivity index (χ0) is 13.4. The summed E-state index contributed by atoms with van der Waals surface area (Å²) in [5, 5.41) is 11.5. The molecule has 1 fully saturated rings. The molecule has 2 aromatic rings. The van der Waals surface area contributed by atoms with Crippen molar-refractivity contribution >= 4 is 5.95 Å². The first-order valence-corrected chi connectivity index (χ1v) is 6.57. The number of rotatable bonds is 2. The largest absolute Gasteiger partial charge is 0.338 e. The Morgan fingerprint density at radius 3 is 3.00 bits per heavy atom. The van der Waals surface area contributed by atoms with Crippen molar-refractivity contribution in [3.63, 3.8) is 0 Å². The number of aromatic amines is 1. The van der Waals surface area contributed by atoms with Gasteiger partial charge in [0, 0.05) is 31.9 Å². The van der Waals surface area contributed by atoms with Crippen LogP contribution in [0.25, 0.3) is 11.4 Å². The van der Waals surface area contributed by atoms with Gasteiger partial charge in [-0.25, -0.2) is 0 Å². The summed E-state index contributed by atoms with van der Waals surface area (Å²) in [5.74, 6) is 1.49. The van der Waals surface area contributed by atoms with Crippen LogP contribution in [0.2, 0.25) is 0 Å². The van der Waals surface area contributed by atoms with Crippen molar-refractivity contribution in [1.29, 1.82) is 0 Å². The first-order valence-electron chi connectivity index (χ1n) is 6.57. The number of nitrogens with two attached hydrogens (primary N) is 1. The number of aromatic nitrogens is 5. The fraction of sp³-hybridized carbons (Fsp3) is 0.583. The van der Waals surface area contributed by atoms with E-state index < -0.39 is 0 Å². The lowest BCUT2D eigenvalue weighted by molar-refractivity contribution is 0.500. The van der Waals surface area contributed by atoms with Crippen molar-refractivity contribution in [2.75, 3.05) is 18.0 Å². The van der Waals surface area contributed by atoms with Crippen LogP contribution in [0.5, 0.6) is 0 Å². The molecule has 7 heteroatoms. The lowest BCUT2D eigenvalue weighted by Crippen LogP contribution is -2.43. The highest BCUT2D eigenvalue weighted by Gasteiger charge is 2.21. The smallest absolute Gasteiger partial charge is 0.245 e. The lowest BCUT2D eigenvalue weighted by Gasteiger charge is -2.29. The number of anilines is 1. The highest BCUT2D eigenvalue weighted by Crippen LogP contribution is 2.22. The number of piperidine rings is 1. The molecular weight excluding hydrogens is 242 g/mol. The van der Waals surface area contributed by atoms with Gasteiger partial charge in [-0.3, -0.25) is 9.78 Å². The van der Waals surface area contributed by atoms with Crippen LogP contribution in [-0.2, 0) is 7.05 Å². The summed E-state index contributed by atoms with van der Waals surface area (Å²) in [7, 11) is 1.92. The molecule has 19 heavy (non-hydrogen) atoms. The first kappa shape index (κ1) is 12.2. The van der Waals surface area contributed by atoms with Gasteiger partial charge in [-0.05, 0) is 19.8 Å². The molecule has 2 aromatic heterocycles. The van der Waals surface area contributed by atoms with Gasteiger partial charge >= 0.3 is 0 Å². The third kappa shape index (κ3) is 2.21. The summed E-state index contributed by atoms with van der Waals surface area (Å²) < 4.78 is 1.83. The lowest BCUT2D eigenvalue weighted by atomic mass is 10.1. The predicted octanol–water partition coefficient (Wildman–Crippen LogP) is 0.441. The molecule has 0 radical (unpaired) electrons. The van der Waals surface area contributed by atoms with E-state index in [1.165, 1.54) is 0 Å². The Morgan fingerprint density at radius 1 is 1.47 bits per heavy atom. The Hall–Kier alpha value is -1.89. The van der Waals surface area contributed by atoms with Crippen molar-refractivity contribution < 1.29 is 0 Å². The normalized spacial score (nSPS) is 19.9. The standard InChI is InChI=1S/C12H19N7/c1-8-10(6-14-18(8)2)11-15-12(17-16-11)19-5-3-4-9(13)7-19/h6,9H,3-5,7,13H2,1-2H3,(H,15,16,17). The Morgan fingerprint density at radius 2 is 2.32 bits per heavy atom. The van der Waals surface area contributed by atoms with E-state index >= 15 is 0 Å². The van der Waals surface area contributed by atoms with Gasteiger partial charge in [0.2, 0.25) is 5.95 Å². The summed E-state index contributed by atoms with van der Waals surface area (Å²) in [5.41, 5.74) is 8.04. The van der Waals surface area contributed by atoms with Gasteiger partial charge < -0.3 is 10.6 Å². The second-order valence-corrected chi connectivity index (χ2v) is 5.10. The second-order valence-electron chi connectivity index (χ2n) is 5.10. The fourth-order valence-electron chi connectivity index (χ4n) is 2.44. The van der Waals surface area contributed by atoms with Gasteiger partial charge in [0.25, 0.3) is 0 Å². The van der Waals surface area contributed by atoms with E-state index in [4.69, 9.17) is 5.73 Å². The van der Waals surface area contributed by atoms with Crippen LogP contribution in [-0.4, -0.2) is 44.1 Å². The van der Waals surface area contributed by atoms with E-state index in [0.29, 0.717) is 0 Å². The maximum atomic E-state index is 5.99. The second kappa shape index (κ2) is 4.65. The van der Waals surface area contributed by atoms with E-state index in [2.05, 4.69) is 25.2 Å². The third-order valence-electron chi connectivity index (χ3n) is 3.70. The summed E-state index contributed by atoms with van der Waals surface area (Å²) >= 11 is 0. The maximum absolute atomic E-state index is 5.99. The molecule has 3 rings (SSSR count). The average molecular weight is 261 g/mol. The minimum Gasteiger partial charge on any atom is -0.338 e. The highest BCUT2D eigenvalue weighted by molar-refractivity contribution is 5.58. The Labute approximate surface area is 111 Å². The molecule has 0 bridgehead atoms. The molecule has 7 nitrogen and oxygen atoms in total. The highest BCUT2D eigenvalue weighted by atomic mass is 15.4. The predicted molar refractivity (Wildman–Crippen MR) is 72.7 cm³/mol. The van der Waals surface area contributed by atoms with Crippen molar-refractivity contribution in [2.24, 2.45) is 12.8 Å². The number of nitrogens with zero attached hydrogens (tertiary/aromatic N) is 5. The van der Waals surface area contributed by atoms with E-state index in [9.17, 15) is 0 Å². The molecule has 0 saturated carbocycles. The first-order chi connectivity index (χ1) is 9.15. The van der Waals surface area contributed by atoms with Crippen LogP contribution in [0.1, 0.15) is 18.5 Å². The number of hydrogen-bond acceptors (Lipinski definition) is 5. The molecule has 3 N–H and O–H groups in total. The van der Waals surface area contributed by atoms with Gasteiger partial charge in [0.1, 0.15) is 0 Å². The molecule has 0 amide bonds. The van der Waals surface area contributed by atoms with Gasteiger partial charge in [0.05, 0.1) is 11.8 Å². The topological polar surface area (TPSA) is 88.7 Å². The molecule has 0 spiro atoms. The molecule has 1 saturated heterocycles. The average Bonchev–Trinajstić information content (AvgIpc) is 2.98. The Balaban J connectivity index is 1.85. The van der Waals surface area contributed by atoms with Crippen molar-refractivity contribution in [1.82, 2.24) is 25.0 Å². The van der Waals surface area contributed by atoms with Crippen LogP contribution in [0, 0.1) is 6.92 Å². The zero-order valence-corrected chi connectivity index (χ0v) is 11.3. The zero-order valence-electron chi connectivity index (χ0n) is 11.3. The van der Waals surface area contributed by atoms with Gasteiger partial charge in [0.15, 0.2) is 5.82 Å². The van der Waals surface area contributed by atoms with Crippen molar-refractivity contribution in [3.8, 4) is 11.4 Å². The molecule has 102 valence electrons. The number of H-pyrrole nitrogens is 1. The van der Waals surface area contributed by atoms with Gasteiger partial charge in [-0.2, -0.15) is 10.1 Å².